The first kappa shape index (κ1) is 27.7. The van der Waals surface area contributed by atoms with Gasteiger partial charge in [-0.05, 0) is 43.8 Å². The number of carbonyl (C=O) groups excluding carboxylic acids is 1. The second-order valence-corrected chi connectivity index (χ2v) is 12.8. The molecule has 0 spiro atoms. The van der Waals surface area contributed by atoms with Crippen LogP contribution >= 0.6 is 22.7 Å². The number of rotatable bonds is 9. The molecule has 2 aliphatic rings. The van der Waals surface area contributed by atoms with Gasteiger partial charge in [0.25, 0.3) is 5.91 Å². The summed E-state index contributed by atoms with van der Waals surface area (Å²) in [5.41, 5.74) is 1.18. The smallest absolute Gasteiger partial charge is 0.304 e. The Morgan fingerprint density at radius 1 is 1.07 bits per heavy atom. The van der Waals surface area contributed by atoms with Crippen LogP contribution < -0.4 is 10.2 Å². The highest BCUT2D eigenvalue weighted by Crippen LogP contribution is 2.39. The van der Waals surface area contributed by atoms with E-state index in [4.69, 9.17) is 10.1 Å². The number of aromatic nitrogens is 3. The van der Waals surface area contributed by atoms with Crippen LogP contribution in [0.5, 0.6) is 0 Å². The summed E-state index contributed by atoms with van der Waals surface area (Å²) in [5.74, 6) is -0.401. The van der Waals surface area contributed by atoms with E-state index in [-0.39, 0.29) is 18.0 Å². The summed E-state index contributed by atoms with van der Waals surface area (Å²) < 4.78 is 1.22. The van der Waals surface area contributed by atoms with Gasteiger partial charge in [0.2, 0.25) is 0 Å². The first-order valence-corrected chi connectivity index (χ1v) is 15.6. The molecule has 0 radical (unpaired) electrons. The maximum Gasteiger partial charge on any atom is 0.304 e. The zero-order valence-corrected chi connectivity index (χ0v) is 24.6. The van der Waals surface area contributed by atoms with E-state index < -0.39 is 5.97 Å². The number of thiophene rings is 1. The molecule has 2 aliphatic heterocycles. The standard InChI is InChI=1S/C29H33N7O3S2/c1-19-5-4-9-36(19)18-24-27(23-15-20-6-2-3-7-22(20)40-23)32-29(41-24)33-28(39)21-16-31-25(17-30-21)35-13-11-34(12-14-35)10-8-26(37)38/h2-3,6-7,15-17,19H,4-5,8-14,18H2,1H3,(H,37,38)(H,32,33,39)/t19-/m1/s1. The zero-order chi connectivity index (χ0) is 28.3. The van der Waals surface area contributed by atoms with E-state index in [1.54, 1.807) is 17.5 Å². The number of fused-ring (bicyclic) bond motifs is 1. The number of carboxylic acid groups (broad SMARTS) is 1. The Hall–Kier alpha value is -3.45. The van der Waals surface area contributed by atoms with E-state index in [2.05, 4.69) is 61.2 Å². The van der Waals surface area contributed by atoms with Crippen LogP contribution in [0.1, 0.15) is 41.6 Å². The molecule has 0 bridgehead atoms. The van der Waals surface area contributed by atoms with Crippen molar-refractivity contribution in [1.82, 2.24) is 24.8 Å². The molecule has 0 saturated carbocycles. The molecular formula is C29H33N7O3S2. The van der Waals surface area contributed by atoms with Crippen LogP contribution in [0, 0.1) is 0 Å². The van der Waals surface area contributed by atoms with E-state index in [1.807, 2.05) is 6.07 Å². The van der Waals surface area contributed by atoms with Crippen LogP contribution in [-0.2, 0) is 11.3 Å². The van der Waals surface area contributed by atoms with E-state index in [1.165, 1.54) is 40.5 Å². The third-order valence-electron chi connectivity index (χ3n) is 7.82. The Labute approximate surface area is 246 Å². The number of nitrogens with zero attached hydrogens (tertiary/aromatic N) is 6. The number of piperazine rings is 1. The van der Waals surface area contributed by atoms with Crippen LogP contribution in [0.2, 0.25) is 0 Å². The van der Waals surface area contributed by atoms with Gasteiger partial charge < -0.3 is 10.0 Å². The predicted octanol–water partition coefficient (Wildman–Crippen LogP) is 4.65. The maximum absolute atomic E-state index is 13.1. The van der Waals surface area contributed by atoms with Crippen LogP contribution in [0.4, 0.5) is 10.9 Å². The zero-order valence-electron chi connectivity index (χ0n) is 23.0. The van der Waals surface area contributed by atoms with Gasteiger partial charge in [0.05, 0.1) is 29.4 Å². The molecule has 2 fully saturated rings. The van der Waals surface area contributed by atoms with Gasteiger partial charge in [0.1, 0.15) is 11.5 Å². The average molecular weight is 592 g/mol. The monoisotopic (exact) mass is 591 g/mol. The lowest BCUT2D eigenvalue weighted by molar-refractivity contribution is -0.137. The topological polar surface area (TPSA) is 115 Å². The lowest BCUT2D eigenvalue weighted by Gasteiger charge is -2.34. The predicted molar refractivity (Wildman–Crippen MR) is 163 cm³/mol. The Morgan fingerprint density at radius 2 is 1.90 bits per heavy atom. The summed E-state index contributed by atoms with van der Waals surface area (Å²) in [6, 6.07) is 11.1. The Kier molecular flexibility index (Phi) is 8.24. The molecule has 10 nitrogen and oxygen atoms in total. The molecule has 41 heavy (non-hydrogen) atoms. The van der Waals surface area contributed by atoms with Gasteiger partial charge >= 0.3 is 5.97 Å². The highest BCUT2D eigenvalue weighted by molar-refractivity contribution is 7.22. The molecule has 1 amide bonds. The SMILES string of the molecule is C[C@@H]1CCCN1Cc1sc(NC(=O)c2cnc(N3CCN(CCC(=O)O)CC3)cn2)nc1-c1cc2ccccc2s1. The number of likely N-dealkylation sites (tertiary alicyclic amines) is 1. The normalized spacial score (nSPS) is 18.3. The van der Waals surface area contributed by atoms with Crippen LogP contribution in [0.15, 0.2) is 42.7 Å². The van der Waals surface area contributed by atoms with Gasteiger partial charge in [0, 0.05) is 54.9 Å². The minimum Gasteiger partial charge on any atom is -0.481 e. The van der Waals surface area contributed by atoms with Gasteiger partial charge in [-0.2, -0.15) is 0 Å². The summed E-state index contributed by atoms with van der Waals surface area (Å²) in [4.78, 5) is 46.8. The lowest BCUT2D eigenvalue weighted by Crippen LogP contribution is -2.47. The molecule has 214 valence electrons. The number of aliphatic carboxylic acids is 1. The molecule has 0 unspecified atom stereocenters. The number of anilines is 2. The number of carboxylic acids is 1. The molecule has 1 atom stereocenters. The number of nitrogens with one attached hydrogen (secondary N) is 1. The fraction of sp³-hybridized carbons (Fsp3) is 0.414. The van der Waals surface area contributed by atoms with Crippen molar-refractivity contribution in [1.29, 1.82) is 0 Å². The quantitative estimate of drug-likeness (QED) is 0.287. The first-order chi connectivity index (χ1) is 19.9. The second kappa shape index (κ2) is 12.2. The molecule has 2 N–H and O–H groups in total. The number of amides is 1. The molecule has 2 saturated heterocycles. The van der Waals surface area contributed by atoms with Crippen molar-refractivity contribution in [3.63, 3.8) is 0 Å². The second-order valence-electron chi connectivity index (χ2n) is 10.6. The third-order valence-corrected chi connectivity index (χ3v) is 9.90. The number of thiazole rings is 1. The minimum atomic E-state index is -0.779. The van der Waals surface area contributed by atoms with Gasteiger partial charge in [-0.3, -0.25) is 24.7 Å². The maximum atomic E-state index is 13.1. The molecule has 3 aromatic heterocycles. The summed E-state index contributed by atoms with van der Waals surface area (Å²) in [6.45, 7) is 7.72. The van der Waals surface area contributed by atoms with E-state index >= 15 is 0 Å². The van der Waals surface area contributed by atoms with Crippen LogP contribution in [0.3, 0.4) is 0 Å². The van der Waals surface area contributed by atoms with Crippen molar-refractivity contribution in [2.45, 2.75) is 38.8 Å². The summed E-state index contributed by atoms with van der Waals surface area (Å²) >= 11 is 3.26. The molecule has 1 aromatic carbocycles. The van der Waals surface area contributed by atoms with Gasteiger partial charge in [-0.25, -0.2) is 15.0 Å². The average Bonchev–Trinajstić information content (AvgIpc) is 3.70. The van der Waals surface area contributed by atoms with Crippen LogP contribution in [-0.4, -0.2) is 87.0 Å². The van der Waals surface area contributed by atoms with E-state index in [0.29, 0.717) is 23.5 Å². The van der Waals surface area contributed by atoms with Crippen molar-refractivity contribution in [3.05, 3.63) is 53.3 Å². The summed E-state index contributed by atoms with van der Waals surface area (Å²) in [6.07, 6.45) is 5.70. The van der Waals surface area contributed by atoms with Gasteiger partial charge in [-0.1, -0.05) is 29.5 Å². The van der Waals surface area contributed by atoms with E-state index in [0.717, 1.165) is 54.7 Å². The fourth-order valence-electron chi connectivity index (χ4n) is 5.43. The number of benzene rings is 1. The van der Waals surface area contributed by atoms with Crippen molar-refractivity contribution in [2.75, 3.05) is 49.5 Å². The van der Waals surface area contributed by atoms with Crippen LogP contribution in [0.25, 0.3) is 20.7 Å². The number of hydrogen-bond donors (Lipinski definition) is 2. The summed E-state index contributed by atoms with van der Waals surface area (Å²) in [5, 5.41) is 13.6. The Balaban J connectivity index is 1.15. The molecule has 5 heterocycles. The first-order valence-electron chi connectivity index (χ1n) is 14.0. The highest BCUT2D eigenvalue weighted by atomic mass is 32.1. The minimum absolute atomic E-state index is 0.146. The molecule has 0 aliphatic carbocycles. The lowest BCUT2D eigenvalue weighted by atomic mass is 10.2. The fourth-order valence-corrected chi connectivity index (χ4v) is 7.57. The van der Waals surface area contributed by atoms with Crippen molar-refractivity contribution >= 4 is 55.6 Å². The van der Waals surface area contributed by atoms with Crippen molar-refractivity contribution < 1.29 is 14.7 Å². The number of hydrogen-bond acceptors (Lipinski definition) is 10. The largest absolute Gasteiger partial charge is 0.481 e. The molecular weight excluding hydrogens is 558 g/mol. The van der Waals surface area contributed by atoms with Crippen molar-refractivity contribution in [2.24, 2.45) is 0 Å². The number of carbonyl (C=O) groups is 2. The van der Waals surface area contributed by atoms with Crippen molar-refractivity contribution in [3.8, 4) is 10.6 Å². The highest BCUT2D eigenvalue weighted by Gasteiger charge is 2.25. The third kappa shape index (κ3) is 6.40. The van der Waals surface area contributed by atoms with E-state index in [9.17, 15) is 9.59 Å². The Bertz CT molecular complexity index is 1500. The molecule has 6 rings (SSSR count). The molecule has 4 aromatic rings. The molecule has 12 heteroatoms. The van der Waals surface area contributed by atoms with Gasteiger partial charge in [0.15, 0.2) is 5.13 Å². The Morgan fingerprint density at radius 3 is 2.61 bits per heavy atom. The van der Waals surface area contributed by atoms with Gasteiger partial charge in [-0.15, -0.1) is 11.3 Å². The summed E-state index contributed by atoms with van der Waals surface area (Å²) in [7, 11) is 0.